The average molecular weight is 399 g/mol. The van der Waals surface area contributed by atoms with Crippen LogP contribution in [0, 0.1) is 13.8 Å². The Morgan fingerprint density at radius 2 is 1.96 bits per heavy atom. The van der Waals surface area contributed by atoms with Crippen LogP contribution in [0.5, 0.6) is 5.75 Å². The Bertz CT molecular complexity index is 1020. The van der Waals surface area contributed by atoms with Crippen LogP contribution in [0.2, 0.25) is 0 Å². The van der Waals surface area contributed by atoms with Gasteiger partial charge in [0.25, 0.3) is 5.91 Å². The van der Waals surface area contributed by atoms with Crippen molar-refractivity contribution in [3.63, 3.8) is 0 Å². The maximum atomic E-state index is 12.8. The van der Waals surface area contributed by atoms with E-state index in [-0.39, 0.29) is 11.9 Å². The van der Waals surface area contributed by atoms with E-state index >= 15 is 0 Å². The first-order chi connectivity index (χ1) is 13.0. The highest BCUT2D eigenvalue weighted by atomic mass is 32.1. The molecule has 0 unspecified atom stereocenters. The summed E-state index contributed by atoms with van der Waals surface area (Å²) in [6.45, 7) is 6.01. The van der Waals surface area contributed by atoms with Crippen molar-refractivity contribution in [3.05, 3.63) is 55.8 Å². The number of thiazole rings is 1. The minimum Gasteiger partial charge on any atom is -0.497 e. The topological polar surface area (TPSA) is 51.2 Å². The number of aryl methyl sites for hydroxylation is 4. The van der Waals surface area contributed by atoms with Crippen molar-refractivity contribution in [1.29, 1.82) is 0 Å². The van der Waals surface area contributed by atoms with Gasteiger partial charge in [-0.25, -0.2) is 4.98 Å². The summed E-state index contributed by atoms with van der Waals surface area (Å²) in [5.41, 5.74) is 4.78. The molecule has 140 valence electrons. The molecule has 0 aliphatic heterocycles. The van der Waals surface area contributed by atoms with Gasteiger partial charge in [-0.05, 0) is 74.6 Å². The van der Waals surface area contributed by atoms with Crippen molar-refractivity contribution in [2.24, 2.45) is 0 Å². The summed E-state index contributed by atoms with van der Waals surface area (Å²) in [4.78, 5) is 20.4. The lowest BCUT2D eigenvalue weighted by atomic mass is 9.91. The zero-order valence-electron chi connectivity index (χ0n) is 15.9. The summed E-state index contributed by atoms with van der Waals surface area (Å²) >= 11 is 3.23. The minimum absolute atomic E-state index is 0.0117. The number of fused-ring (bicyclic) bond motifs is 3. The Hall–Kier alpha value is -2.18. The van der Waals surface area contributed by atoms with E-state index in [1.165, 1.54) is 21.6 Å². The molecule has 0 saturated carbocycles. The molecule has 4 nitrogen and oxygen atoms in total. The van der Waals surface area contributed by atoms with Gasteiger partial charge in [-0.15, -0.1) is 22.7 Å². The number of hydrogen-bond donors (Lipinski definition) is 1. The quantitative estimate of drug-likeness (QED) is 0.666. The van der Waals surface area contributed by atoms with E-state index < -0.39 is 0 Å². The van der Waals surface area contributed by atoms with Gasteiger partial charge in [-0.1, -0.05) is 0 Å². The molecule has 2 heterocycles. The van der Waals surface area contributed by atoms with Crippen LogP contribution in [0.4, 0.5) is 0 Å². The fourth-order valence-electron chi connectivity index (χ4n) is 3.63. The summed E-state index contributed by atoms with van der Waals surface area (Å²) < 4.78 is 5.34. The van der Waals surface area contributed by atoms with Crippen molar-refractivity contribution < 1.29 is 9.53 Å². The molecule has 1 aliphatic rings. The summed E-state index contributed by atoms with van der Waals surface area (Å²) in [5, 5.41) is 4.17. The molecule has 1 aromatic carbocycles. The number of aromatic nitrogens is 1. The van der Waals surface area contributed by atoms with Crippen LogP contribution in [0.3, 0.4) is 0 Å². The third-order valence-electron chi connectivity index (χ3n) is 4.93. The number of carbonyl (C=O) groups is 1. The first-order valence-corrected chi connectivity index (χ1v) is 10.6. The van der Waals surface area contributed by atoms with Gasteiger partial charge in [0.15, 0.2) is 0 Å². The highest BCUT2D eigenvalue weighted by Gasteiger charge is 2.23. The number of carbonyl (C=O) groups excluding carboxylic acids is 1. The van der Waals surface area contributed by atoms with Crippen LogP contribution in [-0.4, -0.2) is 18.0 Å². The zero-order valence-corrected chi connectivity index (χ0v) is 17.5. The third-order valence-corrected chi connectivity index (χ3v) is 7.40. The Kier molecular flexibility index (Phi) is 4.78. The summed E-state index contributed by atoms with van der Waals surface area (Å²) in [6, 6.07) is 8.22. The number of ether oxygens (including phenoxy) is 1. The van der Waals surface area contributed by atoms with Gasteiger partial charge in [-0.2, -0.15) is 0 Å². The van der Waals surface area contributed by atoms with Gasteiger partial charge >= 0.3 is 0 Å². The maximum Gasteiger partial charge on any atom is 0.261 e. The van der Waals surface area contributed by atoms with Gasteiger partial charge in [0.2, 0.25) is 0 Å². The molecule has 1 N–H and O–H groups in total. The predicted molar refractivity (Wildman–Crippen MR) is 111 cm³/mol. The van der Waals surface area contributed by atoms with E-state index in [9.17, 15) is 4.79 Å². The zero-order chi connectivity index (χ0) is 19.1. The summed E-state index contributed by atoms with van der Waals surface area (Å²) in [6.07, 6.45) is 1.94. The molecule has 1 atom stereocenters. The van der Waals surface area contributed by atoms with Gasteiger partial charge < -0.3 is 10.1 Å². The molecule has 0 spiro atoms. The average Bonchev–Trinajstić information content (AvgIpc) is 3.24. The first-order valence-electron chi connectivity index (χ1n) is 9.01. The predicted octanol–water partition coefficient (Wildman–Crippen LogP) is 5.09. The van der Waals surface area contributed by atoms with Crippen molar-refractivity contribution in [2.45, 2.75) is 39.7 Å². The smallest absolute Gasteiger partial charge is 0.261 e. The second-order valence-corrected chi connectivity index (χ2v) is 9.15. The van der Waals surface area contributed by atoms with Gasteiger partial charge in [0, 0.05) is 9.75 Å². The molecular formula is C21H22N2O2S2. The Balaban J connectivity index is 1.58. The highest BCUT2D eigenvalue weighted by Crippen LogP contribution is 2.41. The molecule has 3 aromatic rings. The van der Waals surface area contributed by atoms with Crippen LogP contribution < -0.4 is 10.1 Å². The maximum absolute atomic E-state index is 12.8. The molecule has 2 aromatic heterocycles. The van der Waals surface area contributed by atoms with E-state index in [4.69, 9.17) is 4.74 Å². The monoisotopic (exact) mass is 398 g/mol. The Labute approximate surface area is 167 Å². The molecule has 1 aliphatic carbocycles. The van der Waals surface area contributed by atoms with E-state index in [2.05, 4.69) is 28.5 Å². The second-order valence-electron chi connectivity index (χ2n) is 6.87. The number of methoxy groups -OCH3 is 1. The number of thiophene rings is 1. The molecule has 0 fully saturated rings. The largest absolute Gasteiger partial charge is 0.497 e. The van der Waals surface area contributed by atoms with Gasteiger partial charge in [-0.3, -0.25) is 4.79 Å². The van der Waals surface area contributed by atoms with Gasteiger partial charge in [0.05, 0.1) is 28.7 Å². The fourth-order valence-corrected chi connectivity index (χ4v) is 5.73. The molecule has 27 heavy (non-hydrogen) atoms. The lowest BCUT2D eigenvalue weighted by Gasteiger charge is -2.16. The second kappa shape index (κ2) is 7.09. The number of nitrogens with one attached hydrogen (secondary N) is 1. The third kappa shape index (κ3) is 3.39. The lowest BCUT2D eigenvalue weighted by Crippen LogP contribution is -2.25. The van der Waals surface area contributed by atoms with E-state index in [1.807, 2.05) is 26.8 Å². The number of benzene rings is 1. The van der Waals surface area contributed by atoms with Crippen LogP contribution in [-0.2, 0) is 12.8 Å². The molecule has 0 bridgehead atoms. The van der Waals surface area contributed by atoms with Crippen LogP contribution in [0.25, 0.3) is 10.4 Å². The van der Waals surface area contributed by atoms with E-state index in [0.717, 1.165) is 39.0 Å². The molecular weight excluding hydrogens is 376 g/mol. The number of nitrogens with zero attached hydrogens (tertiary/aromatic N) is 1. The van der Waals surface area contributed by atoms with Gasteiger partial charge in [0.1, 0.15) is 5.75 Å². The molecule has 1 amide bonds. The molecule has 0 radical (unpaired) electrons. The van der Waals surface area contributed by atoms with Crippen molar-refractivity contribution in [1.82, 2.24) is 10.3 Å². The van der Waals surface area contributed by atoms with Crippen molar-refractivity contribution in [3.8, 4) is 16.2 Å². The number of hydrogen-bond acceptors (Lipinski definition) is 5. The Morgan fingerprint density at radius 1 is 1.19 bits per heavy atom. The normalized spacial score (nSPS) is 13.6. The standard InChI is InChI=1S/C21H22N2O2S2/c1-11-19(26-13(3)22-11)12(2)23-21(24)18-10-15-6-5-14-9-16(25-4)7-8-17(14)20(15)27-18/h7-10,12H,5-6H2,1-4H3,(H,23,24)/t12-/m1/s1. The van der Waals surface area contributed by atoms with Crippen molar-refractivity contribution in [2.75, 3.05) is 7.11 Å². The minimum atomic E-state index is -0.0422. The van der Waals surface area contributed by atoms with Crippen LogP contribution in [0.15, 0.2) is 24.3 Å². The van der Waals surface area contributed by atoms with Crippen LogP contribution in [0.1, 0.15) is 49.3 Å². The number of amides is 1. The Morgan fingerprint density at radius 3 is 2.67 bits per heavy atom. The van der Waals surface area contributed by atoms with E-state index in [1.54, 1.807) is 29.8 Å². The molecule has 4 rings (SSSR count). The molecule has 6 heteroatoms. The highest BCUT2D eigenvalue weighted by molar-refractivity contribution is 7.17. The SMILES string of the molecule is COc1ccc2c(c1)CCc1cc(C(=O)N[C@H](C)c3sc(C)nc3C)sc1-2. The van der Waals surface area contributed by atoms with Crippen LogP contribution >= 0.6 is 22.7 Å². The number of rotatable bonds is 4. The molecule has 0 saturated heterocycles. The summed E-state index contributed by atoms with van der Waals surface area (Å²) in [5.74, 6) is 0.873. The van der Waals surface area contributed by atoms with Crippen molar-refractivity contribution >= 4 is 28.6 Å². The van der Waals surface area contributed by atoms with E-state index in [0.29, 0.717) is 0 Å². The first kappa shape index (κ1) is 18.2. The fraction of sp³-hybridized carbons (Fsp3) is 0.333. The summed E-state index contributed by atoms with van der Waals surface area (Å²) in [7, 11) is 1.69. The lowest BCUT2D eigenvalue weighted by molar-refractivity contribution is 0.0944.